The predicted octanol–water partition coefficient (Wildman–Crippen LogP) is 0.808. The van der Waals surface area contributed by atoms with E-state index in [1.807, 2.05) is 6.92 Å². The molecule has 4 unspecified atom stereocenters. The smallest absolute Gasteiger partial charge is 0.282 e. The number of nitrogens with zero attached hydrogens (tertiary/aromatic N) is 2. The van der Waals surface area contributed by atoms with Gasteiger partial charge in [0.2, 0.25) is 0 Å². The molecule has 0 bridgehead atoms. The molecule has 19 heavy (non-hydrogen) atoms. The highest BCUT2D eigenvalue weighted by Crippen LogP contribution is 2.40. The Morgan fingerprint density at radius 3 is 2.58 bits per heavy atom. The maximum atomic E-state index is 12.7. The lowest BCUT2D eigenvalue weighted by Crippen LogP contribution is -2.49. The molecule has 4 atom stereocenters. The summed E-state index contributed by atoms with van der Waals surface area (Å²) in [5, 5.41) is 9.91. The van der Waals surface area contributed by atoms with Crippen LogP contribution >= 0.6 is 0 Å². The third-order valence-corrected chi connectivity index (χ3v) is 7.24. The van der Waals surface area contributed by atoms with Crippen LogP contribution in [0.2, 0.25) is 0 Å². The minimum Gasteiger partial charge on any atom is -0.393 e. The van der Waals surface area contributed by atoms with Crippen LogP contribution < -0.4 is 0 Å². The minimum atomic E-state index is -3.32. The van der Waals surface area contributed by atoms with E-state index < -0.39 is 10.2 Å². The maximum Gasteiger partial charge on any atom is 0.282 e. The predicted molar refractivity (Wildman–Crippen MR) is 72.7 cm³/mol. The summed E-state index contributed by atoms with van der Waals surface area (Å²) in [5.74, 6) is 0.528. The summed E-state index contributed by atoms with van der Waals surface area (Å²) in [4.78, 5) is 0. The fraction of sp³-hybridized carbons (Fsp3) is 1.00. The third-order valence-electron chi connectivity index (χ3n) is 5.15. The molecule has 0 aromatic heterocycles. The minimum absolute atomic E-state index is 0.115. The van der Waals surface area contributed by atoms with Crippen molar-refractivity contribution in [2.24, 2.45) is 11.8 Å². The van der Waals surface area contributed by atoms with E-state index in [1.54, 1.807) is 8.61 Å². The van der Waals surface area contributed by atoms with Gasteiger partial charge in [-0.15, -0.1) is 0 Å². The van der Waals surface area contributed by atoms with E-state index >= 15 is 0 Å². The van der Waals surface area contributed by atoms with Gasteiger partial charge in [-0.3, -0.25) is 0 Å². The van der Waals surface area contributed by atoms with Gasteiger partial charge in [-0.2, -0.15) is 17.0 Å². The van der Waals surface area contributed by atoms with Gasteiger partial charge in [0.05, 0.1) is 6.10 Å². The molecule has 2 saturated heterocycles. The summed E-state index contributed by atoms with van der Waals surface area (Å²) in [6.07, 6.45) is 4.55. The topological polar surface area (TPSA) is 60.9 Å². The van der Waals surface area contributed by atoms with E-state index in [-0.39, 0.29) is 18.1 Å². The average molecular weight is 288 g/mol. The molecule has 0 amide bonds. The van der Waals surface area contributed by atoms with Crippen molar-refractivity contribution in [1.82, 2.24) is 8.61 Å². The molecule has 2 aliphatic heterocycles. The number of hydrogen-bond donors (Lipinski definition) is 1. The lowest BCUT2D eigenvalue weighted by atomic mass is 10.00. The monoisotopic (exact) mass is 288 g/mol. The molecule has 0 radical (unpaired) electrons. The van der Waals surface area contributed by atoms with Gasteiger partial charge in [-0.05, 0) is 38.5 Å². The van der Waals surface area contributed by atoms with E-state index in [0.29, 0.717) is 25.6 Å². The van der Waals surface area contributed by atoms with Crippen molar-refractivity contribution in [2.45, 2.75) is 51.2 Å². The van der Waals surface area contributed by atoms with Crippen LogP contribution in [0.3, 0.4) is 0 Å². The van der Waals surface area contributed by atoms with Crippen LogP contribution in [0.4, 0.5) is 0 Å². The van der Waals surface area contributed by atoms with Crippen molar-refractivity contribution in [3.63, 3.8) is 0 Å². The summed E-state index contributed by atoms with van der Waals surface area (Å²) >= 11 is 0. The summed E-state index contributed by atoms with van der Waals surface area (Å²) in [6.45, 7) is 3.77. The highest BCUT2D eigenvalue weighted by atomic mass is 32.2. The SMILES string of the molecule is CC1CCCCN1S(=O)(=O)N1CC2CCC(O)C2C1. The molecule has 6 heteroatoms. The molecule has 0 aromatic carbocycles. The summed E-state index contributed by atoms with van der Waals surface area (Å²) in [6, 6.07) is 0.115. The number of fused-ring (bicyclic) bond motifs is 1. The highest BCUT2D eigenvalue weighted by molar-refractivity contribution is 7.86. The van der Waals surface area contributed by atoms with Crippen molar-refractivity contribution in [2.75, 3.05) is 19.6 Å². The molecule has 2 heterocycles. The van der Waals surface area contributed by atoms with Gasteiger partial charge in [-0.1, -0.05) is 6.42 Å². The average Bonchev–Trinajstić information content (AvgIpc) is 2.93. The molecular formula is C13H24N2O3S. The van der Waals surface area contributed by atoms with Gasteiger partial charge in [0.1, 0.15) is 0 Å². The van der Waals surface area contributed by atoms with Crippen molar-refractivity contribution in [3.05, 3.63) is 0 Å². The van der Waals surface area contributed by atoms with E-state index in [4.69, 9.17) is 0 Å². The zero-order valence-electron chi connectivity index (χ0n) is 11.5. The number of piperidine rings is 1. The molecule has 5 nitrogen and oxygen atoms in total. The highest BCUT2D eigenvalue weighted by Gasteiger charge is 2.47. The Hall–Kier alpha value is -0.170. The Balaban J connectivity index is 1.75. The first-order valence-electron chi connectivity index (χ1n) is 7.45. The van der Waals surface area contributed by atoms with Crippen LogP contribution in [0.5, 0.6) is 0 Å². The van der Waals surface area contributed by atoms with Crippen LogP contribution in [-0.4, -0.2) is 53.9 Å². The third kappa shape index (κ3) is 2.33. The number of rotatable bonds is 2. The standard InChI is InChI=1S/C13H24N2O3S/c1-10-4-2-3-7-15(10)19(17,18)14-8-11-5-6-13(16)12(11)9-14/h10-13,16H,2-9H2,1H3. The molecule has 0 aromatic rings. The van der Waals surface area contributed by atoms with Crippen molar-refractivity contribution >= 4 is 10.2 Å². The van der Waals surface area contributed by atoms with Crippen LogP contribution in [0.1, 0.15) is 39.0 Å². The molecule has 1 N–H and O–H groups in total. The van der Waals surface area contributed by atoms with Gasteiger partial charge in [0, 0.05) is 31.6 Å². The van der Waals surface area contributed by atoms with E-state index in [9.17, 15) is 13.5 Å². The molecule has 1 saturated carbocycles. The molecule has 0 spiro atoms. The summed E-state index contributed by atoms with van der Waals surface area (Å²) in [7, 11) is -3.32. The first kappa shape index (κ1) is 13.8. The van der Waals surface area contributed by atoms with Crippen molar-refractivity contribution < 1.29 is 13.5 Å². The largest absolute Gasteiger partial charge is 0.393 e. The van der Waals surface area contributed by atoms with Crippen LogP contribution in [0, 0.1) is 11.8 Å². The molecular weight excluding hydrogens is 264 g/mol. The molecule has 110 valence electrons. The second kappa shape index (κ2) is 4.98. The van der Waals surface area contributed by atoms with Crippen LogP contribution in [0.25, 0.3) is 0 Å². The number of aliphatic hydroxyl groups excluding tert-OH is 1. The zero-order valence-corrected chi connectivity index (χ0v) is 12.3. The van der Waals surface area contributed by atoms with Gasteiger partial charge in [0.15, 0.2) is 0 Å². The summed E-state index contributed by atoms with van der Waals surface area (Å²) < 4.78 is 28.7. The van der Waals surface area contributed by atoms with Crippen LogP contribution in [-0.2, 0) is 10.2 Å². The van der Waals surface area contributed by atoms with Gasteiger partial charge in [0.25, 0.3) is 10.2 Å². The second-order valence-corrected chi connectivity index (χ2v) is 8.23. The lowest BCUT2D eigenvalue weighted by Gasteiger charge is -2.35. The van der Waals surface area contributed by atoms with Gasteiger partial charge in [-0.25, -0.2) is 0 Å². The first-order chi connectivity index (χ1) is 9.00. The Morgan fingerprint density at radius 2 is 1.89 bits per heavy atom. The quantitative estimate of drug-likeness (QED) is 0.818. The van der Waals surface area contributed by atoms with Gasteiger partial charge < -0.3 is 5.11 Å². The Morgan fingerprint density at radius 1 is 1.11 bits per heavy atom. The van der Waals surface area contributed by atoms with E-state index in [2.05, 4.69) is 0 Å². The number of aliphatic hydroxyl groups is 1. The Kier molecular flexibility index (Phi) is 3.62. The fourth-order valence-electron chi connectivity index (χ4n) is 3.95. The first-order valence-corrected chi connectivity index (χ1v) is 8.85. The normalized spacial score (nSPS) is 41.6. The Labute approximate surface area is 115 Å². The van der Waals surface area contributed by atoms with E-state index in [0.717, 1.165) is 32.1 Å². The lowest BCUT2D eigenvalue weighted by molar-refractivity contribution is 0.129. The number of hydrogen-bond acceptors (Lipinski definition) is 3. The van der Waals surface area contributed by atoms with Crippen LogP contribution in [0.15, 0.2) is 0 Å². The van der Waals surface area contributed by atoms with Crippen molar-refractivity contribution in [1.29, 1.82) is 0 Å². The molecule has 3 fully saturated rings. The van der Waals surface area contributed by atoms with Crippen molar-refractivity contribution in [3.8, 4) is 0 Å². The van der Waals surface area contributed by atoms with Gasteiger partial charge >= 0.3 is 0 Å². The van der Waals surface area contributed by atoms with E-state index in [1.165, 1.54) is 0 Å². The molecule has 1 aliphatic carbocycles. The fourth-order valence-corrected chi connectivity index (χ4v) is 5.90. The maximum absolute atomic E-state index is 12.7. The molecule has 3 aliphatic rings. The second-order valence-electron chi connectivity index (χ2n) is 6.35. The Bertz CT molecular complexity index is 439. The molecule has 3 rings (SSSR count). The zero-order chi connectivity index (χ0) is 13.6. The summed E-state index contributed by atoms with van der Waals surface area (Å²) in [5.41, 5.74) is 0.